The van der Waals surface area contributed by atoms with Crippen LogP contribution in [0.2, 0.25) is 0 Å². The van der Waals surface area contributed by atoms with E-state index in [1.165, 1.54) is 6.08 Å². The number of methoxy groups -OCH3 is 1. The van der Waals surface area contributed by atoms with Gasteiger partial charge >= 0.3 is 0 Å². The quantitative estimate of drug-likeness (QED) is 0.271. The standard InChI is InChI=1S/C21H30N4O6/c1-11(23-2)20(29)24-15-9-13(10-17(26)18(15)27)21(30)25-16(19(22)28)8-12-4-6-14(31-3)7-5-12/h4-7,9,11,15-18,23,26-27H,8,10H2,1-3H3,(H2,22,28)(H,24,29)(H,25,30). The van der Waals surface area contributed by atoms with Crippen molar-refractivity contribution in [2.24, 2.45) is 5.73 Å². The second-order valence-corrected chi connectivity index (χ2v) is 7.48. The number of aliphatic hydroxyl groups is 2. The molecule has 0 aliphatic heterocycles. The van der Waals surface area contributed by atoms with Gasteiger partial charge in [0.2, 0.25) is 17.7 Å². The number of nitrogens with two attached hydrogens (primary N) is 1. The number of aliphatic hydroxyl groups excluding tert-OH is 2. The van der Waals surface area contributed by atoms with Crippen LogP contribution >= 0.6 is 0 Å². The molecule has 0 radical (unpaired) electrons. The van der Waals surface area contributed by atoms with Crippen LogP contribution in [0.15, 0.2) is 35.9 Å². The Labute approximate surface area is 180 Å². The molecule has 0 fully saturated rings. The second kappa shape index (κ2) is 10.9. The summed E-state index contributed by atoms with van der Waals surface area (Å²) in [5.41, 5.74) is 6.37. The van der Waals surface area contributed by atoms with E-state index in [0.717, 1.165) is 5.56 Å². The van der Waals surface area contributed by atoms with Crippen molar-refractivity contribution in [2.45, 2.75) is 50.1 Å². The third-order valence-electron chi connectivity index (χ3n) is 5.25. The topological polar surface area (TPSA) is 163 Å². The fourth-order valence-electron chi connectivity index (χ4n) is 3.16. The summed E-state index contributed by atoms with van der Waals surface area (Å²) < 4.78 is 5.10. The van der Waals surface area contributed by atoms with Gasteiger partial charge in [0, 0.05) is 18.4 Å². The number of nitrogens with one attached hydrogen (secondary N) is 3. The molecule has 10 heteroatoms. The monoisotopic (exact) mass is 434 g/mol. The predicted octanol–water partition coefficient (Wildman–Crippen LogP) is -1.65. The normalized spacial score (nSPS) is 22.6. The molecule has 1 aliphatic rings. The van der Waals surface area contributed by atoms with Crippen molar-refractivity contribution in [1.82, 2.24) is 16.0 Å². The molecule has 10 nitrogen and oxygen atoms in total. The molecule has 3 amide bonds. The lowest BCUT2D eigenvalue weighted by Crippen LogP contribution is -2.54. The van der Waals surface area contributed by atoms with Crippen molar-refractivity contribution in [3.63, 3.8) is 0 Å². The number of primary amides is 1. The number of amides is 3. The Morgan fingerprint density at radius 2 is 1.87 bits per heavy atom. The van der Waals surface area contributed by atoms with Gasteiger partial charge in [-0.25, -0.2) is 0 Å². The van der Waals surface area contributed by atoms with Gasteiger partial charge in [-0.3, -0.25) is 14.4 Å². The highest BCUT2D eigenvalue weighted by Gasteiger charge is 2.35. The fourth-order valence-corrected chi connectivity index (χ4v) is 3.16. The lowest BCUT2D eigenvalue weighted by molar-refractivity contribution is -0.126. The van der Waals surface area contributed by atoms with E-state index in [4.69, 9.17) is 10.5 Å². The van der Waals surface area contributed by atoms with Crippen molar-refractivity contribution in [3.05, 3.63) is 41.5 Å². The van der Waals surface area contributed by atoms with Crippen LogP contribution < -0.4 is 26.4 Å². The number of hydrogen-bond acceptors (Lipinski definition) is 7. The van der Waals surface area contributed by atoms with E-state index in [1.807, 2.05) is 0 Å². The Morgan fingerprint density at radius 3 is 2.42 bits per heavy atom. The van der Waals surface area contributed by atoms with Gasteiger partial charge in [0.25, 0.3) is 0 Å². The largest absolute Gasteiger partial charge is 0.497 e. The number of carbonyl (C=O) groups excluding carboxylic acids is 3. The van der Waals surface area contributed by atoms with Crippen LogP contribution in [0.5, 0.6) is 5.75 Å². The van der Waals surface area contributed by atoms with Crippen LogP contribution in [-0.2, 0) is 20.8 Å². The third-order valence-corrected chi connectivity index (χ3v) is 5.25. The zero-order chi connectivity index (χ0) is 23.1. The molecule has 0 aromatic heterocycles. The second-order valence-electron chi connectivity index (χ2n) is 7.48. The van der Waals surface area contributed by atoms with E-state index in [0.29, 0.717) is 5.75 Å². The van der Waals surface area contributed by atoms with Gasteiger partial charge in [0.05, 0.1) is 25.3 Å². The smallest absolute Gasteiger partial charge is 0.247 e. The average Bonchev–Trinajstić information content (AvgIpc) is 2.75. The molecular weight excluding hydrogens is 404 g/mol. The Morgan fingerprint density at radius 1 is 1.23 bits per heavy atom. The highest BCUT2D eigenvalue weighted by molar-refractivity contribution is 5.97. The van der Waals surface area contributed by atoms with Crippen molar-refractivity contribution >= 4 is 17.7 Å². The lowest BCUT2D eigenvalue weighted by Gasteiger charge is -2.32. The van der Waals surface area contributed by atoms with Gasteiger partial charge in [0.15, 0.2) is 0 Å². The van der Waals surface area contributed by atoms with E-state index in [9.17, 15) is 24.6 Å². The molecule has 31 heavy (non-hydrogen) atoms. The maximum atomic E-state index is 12.8. The molecule has 1 aromatic rings. The minimum Gasteiger partial charge on any atom is -0.497 e. The Bertz CT molecular complexity index is 826. The molecular formula is C21H30N4O6. The molecule has 5 unspecified atom stereocenters. The number of likely N-dealkylation sites (N-methyl/N-ethyl adjacent to an activating group) is 1. The first-order valence-corrected chi connectivity index (χ1v) is 9.93. The van der Waals surface area contributed by atoms with E-state index in [-0.39, 0.29) is 18.4 Å². The summed E-state index contributed by atoms with van der Waals surface area (Å²) in [6.07, 6.45) is -1.10. The zero-order valence-electron chi connectivity index (χ0n) is 17.8. The summed E-state index contributed by atoms with van der Waals surface area (Å²) in [6, 6.07) is 4.52. The Kier molecular flexibility index (Phi) is 8.55. The maximum Gasteiger partial charge on any atom is 0.247 e. The Hall–Kier alpha value is -2.95. The number of carbonyl (C=O) groups is 3. The maximum absolute atomic E-state index is 12.8. The van der Waals surface area contributed by atoms with E-state index < -0.39 is 48.1 Å². The van der Waals surface area contributed by atoms with Crippen LogP contribution in [0.1, 0.15) is 18.9 Å². The van der Waals surface area contributed by atoms with Crippen LogP contribution in [0.3, 0.4) is 0 Å². The molecule has 7 N–H and O–H groups in total. The van der Waals surface area contributed by atoms with Gasteiger partial charge in [-0.15, -0.1) is 0 Å². The van der Waals surface area contributed by atoms with Gasteiger partial charge in [-0.2, -0.15) is 0 Å². The highest BCUT2D eigenvalue weighted by Crippen LogP contribution is 2.20. The van der Waals surface area contributed by atoms with Crippen molar-refractivity contribution in [2.75, 3.05) is 14.2 Å². The third kappa shape index (κ3) is 6.51. The van der Waals surface area contributed by atoms with Crippen LogP contribution in [-0.4, -0.2) is 72.4 Å². The molecule has 2 rings (SSSR count). The summed E-state index contributed by atoms with van der Waals surface area (Å²) >= 11 is 0. The summed E-state index contributed by atoms with van der Waals surface area (Å²) in [6.45, 7) is 1.63. The van der Waals surface area contributed by atoms with E-state index >= 15 is 0 Å². The molecule has 1 aliphatic carbocycles. The number of benzene rings is 1. The van der Waals surface area contributed by atoms with Gasteiger partial charge < -0.3 is 36.6 Å². The van der Waals surface area contributed by atoms with Gasteiger partial charge in [-0.05, 0) is 31.7 Å². The number of ether oxygens (including phenoxy) is 1. The van der Waals surface area contributed by atoms with Gasteiger partial charge in [0.1, 0.15) is 17.9 Å². The first-order chi connectivity index (χ1) is 14.7. The average molecular weight is 434 g/mol. The summed E-state index contributed by atoms with van der Waals surface area (Å²) in [5.74, 6) is -1.06. The summed E-state index contributed by atoms with van der Waals surface area (Å²) in [4.78, 5) is 36.8. The minimum absolute atomic E-state index is 0.130. The van der Waals surface area contributed by atoms with E-state index in [2.05, 4.69) is 16.0 Å². The highest BCUT2D eigenvalue weighted by atomic mass is 16.5. The molecule has 170 valence electrons. The SMILES string of the molecule is CNC(C)C(=O)NC1C=C(C(=O)NC(Cc2ccc(OC)cc2)C(N)=O)CC(O)C1O. The molecule has 0 spiro atoms. The van der Waals surface area contributed by atoms with Crippen LogP contribution in [0.4, 0.5) is 0 Å². The Balaban J connectivity index is 2.12. The first kappa shape index (κ1) is 24.3. The van der Waals surface area contributed by atoms with Crippen LogP contribution in [0, 0.1) is 0 Å². The van der Waals surface area contributed by atoms with Gasteiger partial charge in [-0.1, -0.05) is 18.2 Å². The molecule has 0 bridgehead atoms. The fraction of sp³-hybridized carbons (Fsp3) is 0.476. The first-order valence-electron chi connectivity index (χ1n) is 9.93. The molecule has 0 heterocycles. The van der Waals surface area contributed by atoms with Crippen molar-refractivity contribution in [3.8, 4) is 5.75 Å². The number of hydrogen-bond donors (Lipinski definition) is 6. The lowest BCUT2D eigenvalue weighted by atomic mass is 9.89. The minimum atomic E-state index is -1.27. The van der Waals surface area contributed by atoms with Crippen molar-refractivity contribution in [1.29, 1.82) is 0 Å². The summed E-state index contributed by atoms with van der Waals surface area (Å²) in [5, 5.41) is 28.3. The van der Waals surface area contributed by atoms with Crippen molar-refractivity contribution < 1.29 is 29.3 Å². The zero-order valence-corrected chi connectivity index (χ0v) is 17.8. The molecule has 5 atom stereocenters. The molecule has 0 saturated heterocycles. The van der Waals surface area contributed by atoms with E-state index in [1.54, 1.807) is 45.3 Å². The predicted molar refractivity (Wildman–Crippen MR) is 113 cm³/mol. The summed E-state index contributed by atoms with van der Waals surface area (Å²) in [7, 11) is 3.15. The number of rotatable bonds is 9. The molecule has 1 aromatic carbocycles. The molecule has 0 saturated carbocycles. The van der Waals surface area contributed by atoms with Crippen LogP contribution in [0.25, 0.3) is 0 Å².